The number of fused-ring (bicyclic) bond motifs is 1. The second kappa shape index (κ2) is 9.10. The third-order valence-electron chi connectivity index (χ3n) is 6.24. The number of rotatable bonds is 5. The van der Waals surface area contributed by atoms with Gasteiger partial charge in [-0.2, -0.15) is 0 Å². The number of nitrogens with one attached hydrogen (secondary N) is 1. The van der Waals surface area contributed by atoms with Gasteiger partial charge in [-0.1, -0.05) is 54.9 Å². The first-order valence-electron chi connectivity index (χ1n) is 11.0. The molecular formula is C26H25ClN2O2S. The van der Waals surface area contributed by atoms with Crippen LogP contribution >= 0.6 is 22.9 Å². The van der Waals surface area contributed by atoms with Gasteiger partial charge in [-0.25, -0.2) is 0 Å². The van der Waals surface area contributed by atoms with Crippen LogP contribution in [0.5, 0.6) is 0 Å². The van der Waals surface area contributed by atoms with Gasteiger partial charge in [0.15, 0.2) is 5.76 Å². The van der Waals surface area contributed by atoms with Gasteiger partial charge in [0.1, 0.15) is 5.58 Å². The molecule has 1 saturated heterocycles. The molecule has 0 unspecified atom stereocenters. The van der Waals surface area contributed by atoms with E-state index in [1.54, 1.807) is 0 Å². The van der Waals surface area contributed by atoms with E-state index >= 15 is 0 Å². The number of furan rings is 1. The van der Waals surface area contributed by atoms with E-state index < -0.39 is 0 Å². The number of amides is 1. The van der Waals surface area contributed by atoms with Crippen molar-refractivity contribution in [2.45, 2.75) is 25.8 Å². The lowest BCUT2D eigenvalue weighted by Gasteiger charge is -2.36. The summed E-state index contributed by atoms with van der Waals surface area (Å²) >= 11 is 8.13. The number of hydrogen-bond donors (Lipinski definition) is 1. The summed E-state index contributed by atoms with van der Waals surface area (Å²) in [6, 6.07) is 19.3. The zero-order valence-electron chi connectivity index (χ0n) is 17.9. The standard InChI is InChI=1S/C26H25ClN2O2S/c1-17-12-14-29(15-13-17)24(18-7-2-4-9-20(18)27)25-23(19-8-3-5-10-21(19)31-25)28-26(30)22-11-6-16-32-22/h2-11,16-17,24H,12-15H2,1H3,(H,28,30)/t24-/m1/s1. The number of thiophene rings is 1. The third-order valence-corrected chi connectivity index (χ3v) is 7.45. The molecule has 0 aliphatic carbocycles. The molecule has 4 aromatic rings. The second-order valence-electron chi connectivity index (χ2n) is 8.41. The average Bonchev–Trinajstić information content (AvgIpc) is 3.46. The number of para-hydroxylation sites is 1. The lowest BCUT2D eigenvalue weighted by molar-refractivity contribution is 0.102. The number of piperidine rings is 1. The average molecular weight is 465 g/mol. The highest BCUT2D eigenvalue weighted by Crippen LogP contribution is 2.43. The molecule has 0 bridgehead atoms. The summed E-state index contributed by atoms with van der Waals surface area (Å²) in [5.41, 5.74) is 2.48. The van der Waals surface area contributed by atoms with Gasteiger partial charge in [0.25, 0.3) is 5.91 Å². The Morgan fingerprint density at radius 1 is 1.09 bits per heavy atom. The molecule has 1 aliphatic heterocycles. The molecule has 32 heavy (non-hydrogen) atoms. The van der Waals surface area contributed by atoms with Crippen molar-refractivity contribution in [1.29, 1.82) is 0 Å². The number of carbonyl (C=O) groups is 1. The molecule has 1 amide bonds. The maximum atomic E-state index is 13.0. The first kappa shape index (κ1) is 21.3. The Labute approximate surface area is 196 Å². The molecule has 6 heteroatoms. The molecule has 164 valence electrons. The Kier molecular flexibility index (Phi) is 6.05. The van der Waals surface area contributed by atoms with Crippen LogP contribution in [0.1, 0.15) is 46.8 Å². The van der Waals surface area contributed by atoms with Crippen LogP contribution in [-0.2, 0) is 0 Å². The highest BCUT2D eigenvalue weighted by atomic mass is 35.5. The first-order chi connectivity index (χ1) is 15.6. The van der Waals surface area contributed by atoms with E-state index in [9.17, 15) is 4.79 Å². The highest BCUT2D eigenvalue weighted by molar-refractivity contribution is 7.12. The van der Waals surface area contributed by atoms with Gasteiger partial charge < -0.3 is 9.73 Å². The molecule has 1 atom stereocenters. The molecule has 1 aliphatic rings. The van der Waals surface area contributed by atoms with Crippen LogP contribution in [0.3, 0.4) is 0 Å². The maximum absolute atomic E-state index is 13.0. The molecule has 0 spiro atoms. The smallest absolute Gasteiger partial charge is 0.265 e. The molecule has 2 aromatic heterocycles. The van der Waals surface area contributed by atoms with Crippen molar-refractivity contribution in [2.75, 3.05) is 18.4 Å². The van der Waals surface area contributed by atoms with Crippen LogP contribution in [-0.4, -0.2) is 23.9 Å². The fraction of sp³-hybridized carbons (Fsp3) is 0.269. The van der Waals surface area contributed by atoms with Crippen molar-refractivity contribution in [2.24, 2.45) is 5.92 Å². The molecule has 1 fully saturated rings. The fourth-order valence-corrected chi connectivity index (χ4v) is 5.31. The molecule has 3 heterocycles. The Hall–Kier alpha value is -2.60. The summed E-state index contributed by atoms with van der Waals surface area (Å²) in [5, 5.41) is 6.67. The normalized spacial score (nSPS) is 16.3. The summed E-state index contributed by atoms with van der Waals surface area (Å²) in [7, 11) is 0. The van der Waals surface area contributed by atoms with Crippen LogP contribution in [0.15, 0.2) is 70.5 Å². The molecule has 5 rings (SSSR count). The lowest BCUT2D eigenvalue weighted by Crippen LogP contribution is -2.37. The number of hydrogen-bond acceptors (Lipinski definition) is 4. The minimum atomic E-state index is -0.178. The van der Waals surface area contributed by atoms with Gasteiger partial charge in [-0.15, -0.1) is 11.3 Å². The summed E-state index contributed by atoms with van der Waals surface area (Å²) < 4.78 is 6.46. The van der Waals surface area contributed by atoms with E-state index in [0.717, 1.165) is 53.9 Å². The molecule has 4 nitrogen and oxygen atoms in total. The third kappa shape index (κ3) is 4.08. The first-order valence-corrected chi connectivity index (χ1v) is 12.2. The van der Waals surface area contributed by atoms with Gasteiger partial charge in [0.05, 0.1) is 16.6 Å². The minimum Gasteiger partial charge on any atom is -0.457 e. The van der Waals surface area contributed by atoms with Gasteiger partial charge in [0, 0.05) is 10.4 Å². The largest absolute Gasteiger partial charge is 0.457 e. The van der Waals surface area contributed by atoms with E-state index in [4.69, 9.17) is 16.0 Å². The zero-order valence-corrected chi connectivity index (χ0v) is 19.5. The van der Waals surface area contributed by atoms with Crippen molar-refractivity contribution in [3.8, 4) is 0 Å². The minimum absolute atomic E-state index is 0.127. The predicted octanol–water partition coefficient (Wildman–Crippen LogP) is 7.22. The Morgan fingerprint density at radius 3 is 2.59 bits per heavy atom. The Bertz CT molecular complexity index is 1230. The van der Waals surface area contributed by atoms with Crippen molar-refractivity contribution >= 4 is 45.5 Å². The van der Waals surface area contributed by atoms with Crippen molar-refractivity contribution in [3.05, 3.63) is 87.3 Å². The molecule has 0 radical (unpaired) electrons. The van der Waals surface area contributed by atoms with Crippen molar-refractivity contribution in [3.63, 3.8) is 0 Å². The van der Waals surface area contributed by atoms with Crippen LogP contribution in [0.4, 0.5) is 5.69 Å². The topological polar surface area (TPSA) is 45.5 Å². The lowest BCUT2D eigenvalue weighted by atomic mass is 9.94. The van der Waals surface area contributed by atoms with Gasteiger partial charge in [0.2, 0.25) is 0 Å². The number of likely N-dealkylation sites (tertiary alicyclic amines) is 1. The van der Waals surface area contributed by atoms with E-state index in [1.165, 1.54) is 11.3 Å². The SMILES string of the molecule is CC1CCN([C@H](c2ccccc2Cl)c2oc3ccccc3c2NC(=O)c2cccs2)CC1. The fourth-order valence-electron chi connectivity index (χ4n) is 4.46. The zero-order chi connectivity index (χ0) is 22.1. The summed E-state index contributed by atoms with van der Waals surface area (Å²) in [5.74, 6) is 1.31. The molecule has 0 saturated carbocycles. The van der Waals surface area contributed by atoms with Gasteiger partial charge in [-0.05, 0) is 67.1 Å². The monoisotopic (exact) mass is 464 g/mol. The van der Waals surface area contributed by atoms with Gasteiger partial charge >= 0.3 is 0 Å². The van der Waals surface area contributed by atoms with Crippen LogP contribution < -0.4 is 5.32 Å². The quantitative estimate of drug-likeness (QED) is 0.339. The number of nitrogens with zero attached hydrogens (tertiary/aromatic N) is 1. The number of halogens is 1. The van der Waals surface area contributed by atoms with E-state index in [1.807, 2.05) is 60.0 Å². The highest BCUT2D eigenvalue weighted by Gasteiger charge is 2.33. The number of benzene rings is 2. The van der Waals surface area contributed by atoms with Gasteiger partial charge in [-0.3, -0.25) is 9.69 Å². The van der Waals surface area contributed by atoms with Crippen LogP contribution in [0.2, 0.25) is 5.02 Å². The van der Waals surface area contributed by atoms with E-state index in [2.05, 4.69) is 23.2 Å². The van der Waals surface area contributed by atoms with E-state index in [0.29, 0.717) is 15.8 Å². The summed E-state index contributed by atoms with van der Waals surface area (Å²) in [6.45, 7) is 4.20. The number of carbonyl (C=O) groups excluding carboxylic acids is 1. The molecule has 2 aromatic carbocycles. The summed E-state index contributed by atoms with van der Waals surface area (Å²) in [4.78, 5) is 16.1. The predicted molar refractivity (Wildman–Crippen MR) is 132 cm³/mol. The summed E-state index contributed by atoms with van der Waals surface area (Å²) in [6.07, 6.45) is 2.25. The Balaban J connectivity index is 1.65. The van der Waals surface area contributed by atoms with Crippen molar-refractivity contribution < 1.29 is 9.21 Å². The molecular weight excluding hydrogens is 440 g/mol. The second-order valence-corrected chi connectivity index (χ2v) is 9.77. The maximum Gasteiger partial charge on any atom is 0.265 e. The van der Waals surface area contributed by atoms with Crippen molar-refractivity contribution in [1.82, 2.24) is 4.90 Å². The Morgan fingerprint density at radius 2 is 1.84 bits per heavy atom. The van der Waals surface area contributed by atoms with E-state index in [-0.39, 0.29) is 11.9 Å². The van der Waals surface area contributed by atoms with Crippen LogP contribution in [0.25, 0.3) is 11.0 Å². The molecule has 1 N–H and O–H groups in total. The van der Waals surface area contributed by atoms with Crippen LogP contribution in [0, 0.1) is 5.92 Å². The number of anilines is 1.